The largest absolute Gasteiger partial charge is 0.504 e. The number of hydrogen-bond donors (Lipinski definition) is 2. The predicted molar refractivity (Wildman–Crippen MR) is 164 cm³/mol. The average Bonchev–Trinajstić information content (AvgIpc) is 3.39. The van der Waals surface area contributed by atoms with E-state index in [2.05, 4.69) is 70.5 Å². The summed E-state index contributed by atoms with van der Waals surface area (Å²) >= 11 is 0. The molecule has 0 radical (unpaired) electrons. The second kappa shape index (κ2) is 10.0. The molecule has 7 aromatic rings. The number of anilines is 3. The summed E-state index contributed by atoms with van der Waals surface area (Å²) in [5.74, 6) is 1.10. The van der Waals surface area contributed by atoms with E-state index < -0.39 is 0 Å². The van der Waals surface area contributed by atoms with Crippen molar-refractivity contribution in [3.05, 3.63) is 146 Å². The van der Waals surface area contributed by atoms with Crippen LogP contribution >= 0.6 is 0 Å². The Kier molecular flexibility index (Phi) is 5.91. The fraction of sp³-hybridized carbons (Fsp3) is 0. The molecule has 1 heterocycles. The first-order valence-electron chi connectivity index (χ1n) is 13.3. The maximum atomic E-state index is 10.9. The van der Waals surface area contributed by atoms with Crippen LogP contribution in [0.5, 0.6) is 17.2 Å². The molecule has 0 unspecified atom stereocenters. The number of fused-ring (bicyclic) bond motifs is 3. The fourth-order valence-corrected chi connectivity index (χ4v) is 5.31. The number of benzene rings is 6. The Morgan fingerprint density at radius 3 is 1.98 bits per heavy atom. The van der Waals surface area contributed by atoms with Crippen molar-refractivity contribution in [1.29, 1.82) is 0 Å². The monoisotopic (exact) mass is 518 g/mol. The molecule has 0 fully saturated rings. The van der Waals surface area contributed by atoms with Crippen molar-refractivity contribution in [1.82, 2.24) is 4.98 Å². The molecule has 0 aliphatic rings. The Labute approximate surface area is 232 Å². The average molecular weight is 519 g/mol. The predicted octanol–water partition coefficient (Wildman–Crippen LogP) is 9.96. The van der Waals surface area contributed by atoms with Gasteiger partial charge in [-0.1, -0.05) is 91.0 Å². The van der Waals surface area contributed by atoms with Crippen LogP contribution in [0.15, 0.2) is 146 Å². The number of ether oxygens (including phenoxy) is 1. The van der Waals surface area contributed by atoms with Gasteiger partial charge in [0.05, 0.1) is 11.2 Å². The molecule has 0 aliphatic heterocycles. The number of aromatic hydroxyl groups is 1. The van der Waals surface area contributed by atoms with Crippen LogP contribution in [-0.2, 0) is 0 Å². The summed E-state index contributed by atoms with van der Waals surface area (Å²) in [6.07, 6.45) is 0. The number of phenols is 1. The molecule has 0 spiro atoms. The highest BCUT2D eigenvalue weighted by Gasteiger charge is 2.18. The van der Waals surface area contributed by atoms with E-state index in [1.165, 1.54) is 5.39 Å². The van der Waals surface area contributed by atoms with Gasteiger partial charge in [-0.2, -0.15) is 0 Å². The lowest BCUT2D eigenvalue weighted by atomic mass is 10.0. The Bertz CT molecular complexity index is 1910. The normalized spacial score (nSPS) is 11.1. The first-order chi connectivity index (χ1) is 19.8. The highest BCUT2D eigenvalue weighted by Crippen LogP contribution is 2.44. The third-order valence-corrected chi connectivity index (χ3v) is 7.17. The van der Waals surface area contributed by atoms with Gasteiger partial charge in [-0.25, -0.2) is 0 Å². The van der Waals surface area contributed by atoms with Gasteiger partial charge in [-0.15, -0.1) is 0 Å². The highest BCUT2D eigenvalue weighted by atomic mass is 16.5. The van der Waals surface area contributed by atoms with Gasteiger partial charge in [0.2, 0.25) is 0 Å². The lowest BCUT2D eigenvalue weighted by Gasteiger charge is -2.27. The first-order valence-corrected chi connectivity index (χ1v) is 13.3. The zero-order chi connectivity index (χ0) is 26.9. The summed E-state index contributed by atoms with van der Waals surface area (Å²) < 4.78 is 6.50. The van der Waals surface area contributed by atoms with E-state index in [0.717, 1.165) is 44.6 Å². The van der Waals surface area contributed by atoms with Gasteiger partial charge in [0.1, 0.15) is 0 Å². The van der Waals surface area contributed by atoms with E-state index in [1.807, 2.05) is 78.9 Å². The topological polar surface area (TPSA) is 48.5 Å². The maximum Gasteiger partial charge on any atom is 0.169 e. The molecule has 4 nitrogen and oxygen atoms in total. The first kappa shape index (κ1) is 23.6. The Morgan fingerprint density at radius 1 is 0.550 bits per heavy atom. The van der Waals surface area contributed by atoms with Gasteiger partial charge in [0.25, 0.3) is 0 Å². The van der Waals surface area contributed by atoms with Crippen LogP contribution in [0.3, 0.4) is 0 Å². The Hall–Kier alpha value is -5.48. The molecule has 0 amide bonds. The van der Waals surface area contributed by atoms with Crippen LogP contribution in [0.25, 0.3) is 32.9 Å². The molecular formula is C36H26N2O2. The molecule has 0 saturated heterocycles. The standard InChI is InChI=1S/C36H26N2O2/c39-33-23-22-25(28-17-11-18-30-29-16-7-8-19-31(29)37-36(28)30)24-35(33)40-34-21-10-9-20-32(34)38(26-12-3-1-4-13-26)27-14-5-2-6-15-27/h1-24,37,39H. The molecule has 4 heteroatoms. The molecule has 0 saturated carbocycles. The number of hydrogen-bond acceptors (Lipinski definition) is 3. The van der Waals surface area contributed by atoms with Crippen molar-refractivity contribution < 1.29 is 9.84 Å². The number of nitrogens with one attached hydrogen (secondary N) is 1. The number of aromatic amines is 1. The van der Waals surface area contributed by atoms with Crippen molar-refractivity contribution in [2.75, 3.05) is 4.90 Å². The summed E-state index contributed by atoms with van der Waals surface area (Å²) in [5.41, 5.74) is 7.02. The smallest absolute Gasteiger partial charge is 0.169 e. The second-order valence-corrected chi connectivity index (χ2v) is 9.66. The summed E-state index contributed by atoms with van der Waals surface area (Å²) in [6.45, 7) is 0. The summed E-state index contributed by atoms with van der Waals surface area (Å²) in [7, 11) is 0. The molecule has 40 heavy (non-hydrogen) atoms. The number of para-hydroxylation sites is 6. The van der Waals surface area contributed by atoms with Crippen molar-refractivity contribution in [3.8, 4) is 28.4 Å². The van der Waals surface area contributed by atoms with E-state index >= 15 is 0 Å². The van der Waals surface area contributed by atoms with Gasteiger partial charge in [0, 0.05) is 33.2 Å². The number of phenolic OH excluding ortho intramolecular Hbond substituents is 1. The van der Waals surface area contributed by atoms with Crippen LogP contribution in [0.1, 0.15) is 0 Å². The van der Waals surface area contributed by atoms with E-state index in [1.54, 1.807) is 6.07 Å². The molecule has 7 rings (SSSR count). The zero-order valence-corrected chi connectivity index (χ0v) is 21.7. The molecule has 0 atom stereocenters. The second-order valence-electron chi connectivity index (χ2n) is 9.66. The van der Waals surface area contributed by atoms with E-state index in [9.17, 15) is 5.11 Å². The Balaban J connectivity index is 1.32. The number of H-pyrrole nitrogens is 1. The number of nitrogens with zero attached hydrogens (tertiary/aromatic N) is 1. The quantitative estimate of drug-likeness (QED) is 0.230. The van der Waals surface area contributed by atoms with Crippen LogP contribution in [0.4, 0.5) is 17.1 Å². The molecule has 0 aliphatic carbocycles. The third kappa shape index (κ3) is 4.22. The van der Waals surface area contributed by atoms with Crippen LogP contribution < -0.4 is 9.64 Å². The van der Waals surface area contributed by atoms with Crippen molar-refractivity contribution in [2.24, 2.45) is 0 Å². The van der Waals surface area contributed by atoms with Gasteiger partial charge >= 0.3 is 0 Å². The van der Waals surface area contributed by atoms with Gasteiger partial charge in [-0.3, -0.25) is 0 Å². The summed E-state index contributed by atoms with van der Waals surface area (Å²) in [4.78, 5) is 5.73. The molecule has 6 aromatic carbocycles. The van der Waals surface area contributed by atoms with Crippen molar-refractivity contribution in [3.63, 3.8) is 0 Å². The minimum absolute atomic E-state index is 0.0772. The lowest BCUT2D eigenvalue weighted by Crippen LogP contribution is -2.10. The molecule has 0 bridgehead atoms. The van der Waals surface area contributed by atoms with Crippen LogP contribution in [0.2, 0.25) is 0 Å². The van der Waals surface area contributed by atoms with Gasteiger partial charge in [0.15, 0.2) is 17.2 Å². The SMILES string of the molecule is Oc1ccc(-c2cccc3c2[nH]c2ccccc23)cc1Oc1ccccc1N(c1ccccc1)c1ccccc1. The van der Waals surface area contributed by atoms with Crippen LogP contribution in [0, 0.1) is 0 Å². The minimum Gasteiger partial charge on any atom is -0.504 e. The minimum atomic E-state index is 0.0772. The number of aromatic nitrogens is 1. The van der Waals surface area contributed by atoms with Gasteiger partial charge < -0.3 is 19.7 Å². The fourth-order valence-electron chi connectivity index (χ4n) is 5.31. The van der Waals surface area contributed by atoms with Crippen molar-refractivity contribution >= 4 is 38.9 Å². The molecule has 1 aromatic heterocycles. The number of rotatable bonds is 6. The molecule has 192 valence electrons. The van der Waals surface area contributed by atoms with Gasteiger partial charge in [-0.05, 0) is 60.2 Å². The highest BCUT2D eigenvalue weighted by molar-refractivity contribution is 6.11. The Morgan fingerprint density at radius 2 is 1.20 bits per heavy atom. The van der Waals surface area contributed by atoms with Crippen LogP contribution in [-0.4, -0.2) is 10.1 Å². The molecular weight excluding hydrogens is 492 g/mol. The lowest BCUT2D eigenvalue weighted by molar-refractivity contribution is 0.412. The molecule has 2 N–H and O–H groups in total. The summed E-state index contributed by atoms with van der Waals surface area (Å²) in [5, 5.41) is 13.2. The van der Waals surface area contributed by atoms with E-state index in [-0.39, 0.29) is 5.75 Å². The van der Waals surface area contributed by atoms with Crippen molar-refractivity contribution in [2.45, 2.75) is 0 Å². The maximum absolute atomic E-state index is 10.9. The summed E-state index contributed by atoms with van der Waals surface area (Å²) in [6, 6.07) is 48.4. The van der Waals surface area contributed by atoms with E-state index in [4.69, 9.17) is 4.74 Å². The van der Waals surface area contributed by atoms with E-state index in [0.29, 0.717) is 11.5 Å². The zero-order valence-electron chi connectivity index (χ0n) is 21.7. The third-order valence-electron chi connectivity index (χ3n) is 7.17.